The Kier molecular flexibility index (Phi) is 105. The molecule has 2 N–H and O–H groups in total. The Hall–Kier alpha value is 0.434. The summed E-state index contributed by atoms with van der Waals surface area (Å²) in [5.74, 6) is 0. The number of rotatable bonds is 4. The van der Waals surface area contributed by atoms with E-state index in [0.29, 0.717) is 13.2 Å². The van der Waals surface area contributed by atoms with Crippen LogP contribution in [0.15, 0.2) is 0 Å². The molecular formula is C10H26O3Ti. The quantitative estimate of drug-likeness (QED) is 0.587. The first-order valence-corrected chi connectivity index (χ1v) is 4.89. The normalized spacial score (nSPS) is 6.43. The van der Waals surface area contributed by atoms with Crippen LogP contribution in [0, 0.1) is 14.9 Å². The molecule has 0 saturated carbocycles. The van der Waals surface area contributed by atoms with Gasteiger partial charge in [0.25, 0.3) is 0 Å². The van der Waals surface area contributed by atoms with Crippen molar-refractivity contribution in [2.45, 2.75) is 39.5 Å². The third kappa shape index (κ3) is 82.7. The van der Waals surface area contributed by atoms with E-state index in [1.165, 1.54) is 0 Å². The Morgan fingerprint density at radius 2 is 1.07 bits per heavy atom. The first kappa shape index (κ1) is 29.3. The Morgan fingerprint density at radius 1 is 0.857 bits per heavy atom. The van der Waals surface area contributed by atoms with Gasteiger partial charge in [-0.15, -0.1) is 0 Å². The van der Waals surface area contributed by atoms with Gasteiger partial charge in [-0.3, -0.25) is 0 Å². The van der Waals surface area contributed by atoms with Crippen LogP contribution >= 0.6 is 0 Å². The van der Waals surface area contributed by atoms with Crippen LogP contribution in [0.2, 0.25) is 0 Å². The molecule has 14 heavy (non-hydrogen) atoms. The average Bonchev–Trinajstić information content (AvgIpc) is 2.12. The van der Waals surface area contributed by atoms with E-state index in [0.717, 1.165) is 46.1 Å². The first-order valence-electron chi connectivity index (χ1n) is 4.25. The van der Waals surface area contributed by atoms with Crippen molar-refractivity contribution in [3.63, 3.8) is 0 Å². The predicted molar refractivity (Wildman–Crippen MR) is 57.5 cm³/mol. The second-order valence-corrected chi connectivity index (χ2v) is 2.15. The van der Waals surface area contributed by atoms with Crippen LogP contribution in [0.3, 0.4) is 0 Å². The van der Waals surface area contributed by atoms with Gasteiger partial charge in [-0.25, -0.2) is 0 Å². The van der Waals surface area contributed by atoms with Gasteiger partial charge in [0.15, 0.2) is 0 Å². The fraction of sp³-hybridized carbons (Fsp3) is 0.800. The molecule has 0 bridgehead atoms. The third-order valence-corrected chi connectivity index (χ3v) is 1.02. The van der Waals surface area contributed by atoms with Crippen LogP contribution in [0.5, 0.6) is 0 Å². The monoisotopic (exact) mass is 242 g/mol. The maximum atomic E-state index is 8.25. The molecule has 0 amide bonds. The summed E-state index contributed by atoms with van der Waals surface area (Å²) in [5.41, 5.74) is 0. The van der Waals surface area contributed by atoms with Crippen LogP contribution in [0.1, 0.15) is 39.5 Å². The SMILES string of the molecule is CCCCO.CCCCO.[CH3-].[CH3-].[O]=[Ti+2]. The van der Waals surface area contributed by atoms with Crippen molar-refractivity contribution in [3.05, 3.63) is 14.9 Å². The summed E-state index contributed by atoms with van der Waals surface area (Å²) in [6.45, 7) is 4.79. The van der Waals surface area contributed by atoms with Gasteiger partial charge in [0.1, 0.15) is 0 Å². The topological polar surface area (TPSA) is 57.5 Å². The molecule has 88 valence electrons. The number of hydrogen-bond donors (Lipinski definition) is 2. The molecule has 0 heterocycles. The molecule has 0 aliphatic heterocycles. The fourth-order valence-corrected chi connectivity index (χ4v) is 0.316. The van der Waals surface area contributed by atoms with E-state index in [-0.39, 0.29) is 14.9 Å². The van der Waals surface area contributed by atoms with Gasteiger partial charge < -0.3 is 25.1 Å². The molecule has 0 aliphatic carbocycles. The van der Waals surface area contributed by atoms with Crippen LogP contribution in [-0.2, 0) is 23.7 Å². The summed E-state index contributed by atoms with van der Waals surface area (Å²) in [5, 5.41) is 16.1. The van der Waals surface area contributed by atoms with E-state index < -0.39 is 0 Å². The molecule has 0 aromatic heterocycles. The van der Waals surface area contributed by atoms with Crippen molar-refractivity contribution in [2.24, 2.45) is 0 Å². The van der Waals surface area contributed by atoms with Gasteiger partial charge in [0, 0.05) is 13.2 Å². The van der Waals surface area contributed by atoms with Crippen molar-refractivity contribution in [1.82, 2.24) is 0 Å². The molecule has 0 saturated heterocycles. The van der Waals surface area contributed by atoms with E-state index >= 15 is 0 Å². The van der Waals surface area contributed by atoms with Crippen LogP contribution in [-0.4, -0.2) is 23.4 Å². The standard InChI is InChI=1S/2C4H10O.2CH3.O.Ti/c2*1-2-3-4-5;;;;/h2*5H,2-4H2,1H3;2*1H3;;/q;;2*-1;;+2. The second-order valence-electron chi connectivity index (χ2n) is 2.15. The van der Waals surface area contributed by atoms with Gasteiger partial charge in [0.05, 0.1) is 0 Å². The zero-order chi connectivity index (χ0) is 10.2. The minimum absolute atomic E-state index is 0. The first-order chi connectivity index (χ1) is 5.83. The zero-order valence-corrected chi connectivity index (χ0v) is 11.6. The third-order valence-electron chi connectivity index (χ3n) is 1.02. The molecule has 0 radical (unpaired) electrons. The average molecular weight is 242 g/mol. The van der Waals surface area contributed by atoms with E-state index in [2.05, 4.69) is 13.8 Å². The Morgan fingerprint density at radius 3 is 1.07 bits per heavy atom. The van der Waals surface area contributed by atoms with Gasteiger partial charge in [-0.1, -0.05) is 26.7 Å². The van der Waals surface area contributed by atoms with E-state index in [9.17, 15) is 0 Å². The van der Waals surface area contributed by atoms with E-state index in [1.54, 1.807) is 0 Å². The van der Waals surface area contributed by atoms with Crippen molar-refractivity contribution in [2.75, 3.05) is 13.2 Å². The summed E-state index contributed by atoms with van der Waals surface area (Å²) >= 11 is 0.750. The van der Waals surface area contributed by atoms with Gasteiger partial charge >= 0.3 is 23.7 Å². The zero-order valence-electron chi connectivity index (χ0n) is 10.0. The summed E-state index contributed by atoms with van der Waals surface area (Å²) < 4.78 is 8.25. The van der Waals surface area contributed by atoms with Crippen LogP contribution < -0.4 is 0 Å². The molecule has 0 aliphatic rings. The van der Waals surface area contributed by atoms with Crippen molar-refractivity contribution in [3.8, 4) is 0 Å². The molecule has 0 unspecified atom stereocenters. The molecule has 3 nitrogen and oxygen atoms in total. The number of aliphatic hydroxyl groups is 2. The molecule has 4 heteroatoms. The summed E-state index contributed by atoms with van der Waals surface area (Å²) in [7, 11) is 0. The summed E-state index contributed by atoms with van der Waals surface area (Å²) in [4.78, 5) is 0. The summed E-state index contributed by atoms with van der Waals surface area (Å²) in [6, 6.07) is 0. The fourth-order valence-electron chi connectivity index (χ4n) is 0.316. The van der Waals surface area contributed by atoms with Crippen molar-refractivity contribution in [1.29, 1.82) is 0 Å². The minimum atomic E-state index is 0. The molecular weight excluding hydrogens is 216 g/mol. The predicted octanol–water partition coefficient (Wildman–Crippen LogP) is 2.34. The Labute approximate surface area is 102 Å². The number of unbranched alkanes of at least 4 members (excludes halogenated alkanes) is 2. The molecule has 0 aromatic rings. The Balaban J connectivity index is -0.0000000292. The maximum absolute atomic E-state index is 8.25. The second kappa shape index (κ2) is 50.2. The molecule has 0 spiro atoms. The van der Waals surface area contributed by atoms with Crippen LogP contribution in [0.4, 0.5) is 0 Å². The number of aliphatic hydroxyl groups excluding tert-OH is 2. The van der Waals surface area contributed by atoms with Gasteiger partial charge in [-0.2, -0.15) is 0 Å². The van der Waals surface area contributed by atoms with E-state index in [4.69, 9.17) is 13.5 Å². The molecule has 0 fully saturated rings. The van der Waals surface area contributed by atoms with E-state index in [1.807, 2.05) is 0 Å². The van der Waals surface area contributed by atoms with Crippen molar-refractivity contribution >= 4 is 0 Å². The molecule has 0 rings (SSSR count). The summed E-state index contributed by atoms with van der Waals surface area (Å²) in [6.07, 6.45) is 4.08. The molecule has 0 atom stereocenters. The van der Waals surface area contributed by atoms with Crippen LogP contribution in [0.25, 0.3) is 0 Å². The van der Waals surface area contributed by atoms with Crippen molar-refractivity contribution < 1.29 is 33.9 Å². The number of hydrogen-bond acceptors (Lipinski definition) is 3. The Bertz CT molecular complexity index is 44.6. The van der Waals surface area contributed by atoms with Gasteiger partial charge in [-0.05, 0) is 12.8 Å². The molecule has 0 aromatic carbocycles. The van der Waals surface area contributed by atoms with Gasteiger partial charge in [0.2, 0.25) is 0 Å².